The minimum absolute atomic E-state index is 0.00606. The fourth-order valence-corrected chi connectivity index (χ4v) is 4.13. The van der Waals surface area contributed by atoms with Crippen molar-refractivity contribution >= 4 is 42.8 Å². The number of benzene rings is 1. The van der Waals surface area contributed by atoms with Gasteiger partial charge in [-0.2, -0.15) is 0 Å². The second-order valence-electron chi connectivity index (χ2n) is 10.5. The van der Waals surface area contributed by atoms with Crippen LogP contribution < -0.4 is 10.6 Å². The van der Waals surface area contributed by atoms with Crippen LogP contribution in [0.1, 0.15) is 58.0 Å². The summed E-state index contributed by atoms with van der Waals surface area (Å²) in [6.45, 7) is 8.72. The van der Waals surface area contributed by atoms with Crippen molar-refractivity contribution in [1.82, 2.24) is 9.79 Å². The van der Waals surface area contributed by atoms with Crippen molar-refractivity contribution in [3.8, 4) is 0 Å². The molecule has 1 aliphatic rings. The largest absolute Gasteiger partial charge is 0.677 e. The third-order valence-corrected chi connectivity index (χ3v) is 5.91. The molecule has 1 aromatic heterocycles. The Labute approximate surface area is 232 Å². The number of nitrogens with one attached hydrogen (secondary N) is 2. The Bertz CT molecular complexity index is 1360. The van der Waals surface area contributed by atoms with Crippen molar-refractivity contribution in [3.05, 3.63) is 70.7 Å². The highest BCUT2D eigenvalue weighted by Gasteiger charge is 2.25. The molecular weight excluding hydrogens is 521 g/mol. The number of hydrogen-bond donors (Lipinski definition) is 3. The normalized spacial score (nSPS) is 14.8. The number of aromatic nitrogens is 1. The molecule has 40 heavy (non-hydrogen) atoms. The van der Waals surface area contributed by atoms with Crippen molar-refractivity contribution in [3.63, 3.8) is 0 Å². The van der Waals surface area contributed by atoms with Gasteiger partial charge in [-0.3, -0.25) is 18.4 Å². The molecule has 1 aliphatic heterocycles. The maximum atomic E-state index is 13.9. The Hall–Kier alpha value is -4.22. The first-order chi connectivity index (χ1) is 18.7. The second kappa shape index (κ2) is 12.8. The van der Waals surface area contributed by atoms with Crippen LogP contribution in [0.3, 0.4) is 0 Å². The van der Waals surface area contributed by atoms with Crippen LogP contribution in [0, 0.1) is 0 Å². The van der Waals surface area contributed by atoms with Gasteiger partial charge in [0.1, 0.15) is 11.6 Å². The Morgan fingerprint density at radius 3 is 2.35 bits per heavy atom. The Morgan fingerprint density at radius 2 is 1.80 bits per heavy atom. The molecule has 9 nitrogen and oxygen atoms in total. The summed E-state index contributed by atoms with van der Waals surface area (Å²) in [5.74, 6) is -1.58. The lowest BCUT2D eigenvalue weighted by molar-refractivity contribution is -0.139. The number of rotatable bonds is 10. The fourth-order valence-electron chi connectivity index (χ4n) is 4.13. The van der Waals surface area contributed by atoms with Gasteiger partial charge in [-0.05, 0) is 88.6 Å². The Kier molecular flexibility index (Phi) is 9.67. The van der Waals surface area contributed by atoms with E-state index in [1.165, 1.54) is 0 Å². The summed E-state index contributed by atoms with van der Waals surface area (Å²) in [6, 6.07) is 8.43. The van der Waals surface area contributed by atoms with Gasteiger partial charge < -0.3 is 25.0 Å². The number of amides is 2. The van der Waals surface area contributed by atoms with E-state index in [0.717, 1.165) is 15.8 Å². The summed E-state index contributed by atoms with van der Waals surface area (Å²) in [6.07, 6.45) is 2.74. The lowest BCUT2D eigenvalue weighted by atomic mass is 10.1. The number of aryl methyl sites for hydroxylation is 1. The number of carboxylic acids is 1. The van der Waals surface area contributed by atoms with Crippen LogP contribution in [0.4, 0.5) is 19.1 Å². The van der Waals surface area contributed by atoms with E-state index in [1.54, 1.807) is 63.2 Å². The first-order valence-electron chi connectivity index (χ1n) is 12.8. The SMILES string of the molecule is CC1=CC(C)=N/C1=C\c1ccc(CCC(=O)Nc2ccc(C[C@H](NC(=O)OC(C)(C)C)C(=O)O)cc2)n1B(F)F. The molecule has 0 spiro atoms. The van der Waals surface area contributed by atoms with Gasteiger partial charge in [0.2, 0.25) is 5.91 Å². The standard InChI is InChI=1S/C28H33BF2N4O5/c1-17-14-18(2)32-23(17)16-22-11-10-21(35(22)29(30)31)12-13-25(36)33-20-8-6-19(7-9-20)15-24(26(37)38)34-27(39)40-28(3,4)5/h6-11,14,16,24H,12-13,15H2,1-5H3,(H,33,36)(H,34,39)(H,37,38)/b23-16-/t24-/m0/s1. The molecule has 2 aromatic rings. The third-order valence-electron chi connectivity index (χ3n) is 5.91. The van der Waals surface area contributed by atoms with E-state index in [2.05, 4.69) is 15.6 Å². The van der Waals surface area contributed by atoms with Crippen LogP contribution in [0.15, 0.2) is 58.7 Å². The van der Waals surface area contributed by atoms with Gasteiger partial charge in [-0.25, -0.2) is 9.59 Å². The van der Waals surface area contributed by atoms with Crippen LogP contribution in [0.2, 0.25) is 0 Å². The molecule has 12 heteroatoms. The summed E-state index contributed by atoms with van der Waals surface area (Å²) in [5, 5.41) is 14.5. The highest BCUT2D eigenvalue weighted by Crippen LogP contribution is 2.24. The number of alkyl carbamates (subject to hydrolysis) is 1. The van der Waals surface area contributed by atoms with Crippen LogP contribution >= 0.6 is 0 Å². The number of ether oxygens (including phenoxy) is 1. The van der Waals surface area contributed by atoms with Gasteiger partial charge in [0.25, 0.3) is 0 Å². The van der Waals surface area contributed by atoms with E-state index in [9.17, 15) is 28.1 Å². The van der Waals surface area contributed by atoms with E-state index in [-0.39, 0.29) is 25.2 Å². The van der Waals surface area contributed by atoms with E-state index < -0.39 is 31.1 Å². The molecule has 0 fully saturated rings. The molecule has 0 bridgehead atoms. The molecule has 3 N–H and O–H groups in total. The zero-order valence-corrected chi connectivity index (χ0v) is 23.1. The van der Waals surface area contributed by atoms with Crippen molar-refractivity contribution < 1.29 is 32.9 Å². The van der Waals surface area contributed by atoms with Crippen molar-refractivity contribution in [1.29, 1.82) is 0 Å². The molecule has 0 saturated heterocycles. The summed E-state index contributed by atoms with van der Waals surface area (Å²) in [5.41, 5.74) is 3.27. The summed E-state index contributed by atoms with van der Waals surface area (Å²) >= 11 is 0. The molecular formula is C28H33BF2N4O5. The highest BCUT2D eigenvalue weighted by molar-refractivity contribution is 6.41. The maximum absolute atomic E-state index is 13.9. The van der Waals surface area contributed by atoms with Crippen LogP contribution in [0.5, 0.6) is 0 Å². The quantitative estimate of drug-likeness (QED) is 0.353. The van der Waals surface area contributed by atoms with Gasteiger partial charge >= 0.3 is 19.5 Å². The van der Waals surface area contributed by atoms with E-state index in [1.807, 2.05) is 19.9 Å². The van der Waals surface area contributed by atoms with Crippen molar-refractivity contribution in [2.75, 3.05) is 5.32 Å². The number of hydrogen-bond acceptors (Lipinski definition) is 5. The molecule has 3 rings (SSSR count). The van der Waals surface area contributed by atoms with E-state index in [4.69, 9.17) is 4.74 Å². The summed E-state index contributed by atoms with van der Waals surface area (Å²) < 4.78 is 33.8. The fraction of sp³-hybridized carbons (Fsp3) is 0.357. The van der Waals surface area contributed by atoms with Crippen LogP contribution in [-0.4, -0.2) is 52.3 Å². The highest BCUT2D eigenvalue weighted by atomic mass is 19.2. The maximum Gasteiger partial charge on any atom is 0.677 e. The number of carbonyl (C=O) groups is 3. The van der Waals surface area contributed by atoms with E-state index >= 15 is 0 Å². The second-order valence-corrected chi connectivity index (χ2v) is 10.5. The molecule has 0 radical (unpaired) electrons. The predicted molar refractivity (Wildman–Crippen MR) is 151 cm³/mol. The number of anilines is 1. The average Bonchev–Trinajstić information content (AvgIpc) is 3.38. The van der Waals surface area contributed by atoms with Gasteiger partial charge in [-0.1, -0.05) is 12.1 Å². The number of allylic oxidation sites excluding steroid dienone is 2. The van der Waals surface area contributed by atoms with Gasteiger partial charge in [0.15, 0.2) is 0 Å². The number of aliphatic imine (C=N–C) groups is 1. The molecule has 1 aromatic carbocycles. The Morgan fingerprint density at radius 1 is 1.12 bits per heavy atom. The van der Waals surface area contributed by atoms with Crippen LogP contribution in [0.25, 0.3) is 6.08 Å². The summed E-state index contributed by atoms with van der Waals surface area (Å²) in [4.78, 5) is 40.5. The molecule has 212 valence electrons. The third kappa shape index (κ3) is 8.65. The average molecular weight is 554 g/mol. The van der Waals surface area contributed by atoms with Gasteiger partial charge in [0, 0.05) is 35.6 Å². The van der Waals surface area contributed by atoms with Crippen molar-refractivity contribution in [2.24, 2.45) is 4.99 Å². The number of nitrogens with zero attached hydrogens (tertiary/aromatic N) is 2. The molecule has 0 unspecified atom stereocenters. The Balaban J connectivity index is 1.58. The van der Waals surface area contributed by atoms with Crippen LogP contribution in [-0.2, 0) is 27.2 Å². The summed E-state index contributed by atoms with van der Waals surface area (Å²) in [7, 11) is -2.78. The number of halogens is 2. The van der Waals surface area contributed by atoms with Gasteiger partial charge in [0.05, 0.1) is 5.70 Å². The number of aliphatic carboxylic acids is 1. The smallest absolute Gasteiger partial charge is 0.480 e. The van der Waals surface area contributed by atoms with Crippen molar-refractivity contribution in [2.45, 2.75) is 65.5 Å². The van der Waals surface area contributed by atoms with Gasteiger partial charge in [-0.15, -0.1) is 0 Å². The minimum atomic E-state index is -2.78. The molecule has 0 saturated carbocycles. The minimum Gasteiger partial charge on any atom is -0.480 e. The molecule has 1 atom stereocenters. The lowest BCUT2D eigenvalue weighted by Crippen LogP contribution is -2.44. The predicted octanol–water partition coefficient (Wildman–Crippen LogP) is 5.11. The first kappa shape index (κ1) is 30.3. The first-order valence-corrected chi connectivity index (χ1v) is 12.8. The number of carbonyl (C=O) groups excluding carboxylic acids is 2. The zero-order chi connectivity index (χ0) is 29.6. The molecule has 2 amide bonds. The zero-order valence-electron chi connectivity index (χ0n) is 23.1. The van der Waals surface area contributed by atoms with E-state index in [0.29, 0.717) is 28.3 Å². The molecule has 0 aliphatic carbocycles. The molecule has 2 heterocycles. The monoisotopic (exact) mass is 554 g/mol. The number of carboxylic acid groups (broad SMARTS) is 1. The lowest BCUT2D eigenvalue weighted by Gasteiger charge is -2.22. The topological polar surface area (TPSA) is 122 Å².